The summed E-state index contributed by atoms with van der Waals surface area (Å²) in [5, 5.41) is 6.59. The average Bonchev–Trinajstić information content (AvgIpc) is 2.82. The Kier molecular flexibility index (Phi) is 8.41. The smallest absolute Gasteiger partial charge is 0.203 e. The zero-order chi connectivity index (χ0) is 22.1. The van der Waals surface area contributed by atoms with Gasteiger partial charge in [-0.15, -0.1) is 0 Å². The van der Waals surface area contributed by atoms with Crippen molar-refractivity contribution in [3.05, 3.63) is 47.5 Å². The highest BCUT2D eigenvalue weighted by molar-refractivity contribution is 5.94. The van der Waals surface area contributed by atoms with Crippen molar-refractivity contribution in [1.29, 1.82) is 0 Å². The number of nitrogens with one attached hydrogen (secondary N) is 2. The molecule has 3 rings (SSSR count). The molecule has 1 atom stereocenters. The van der Waals surface area contributed by atoms with Gasteiger partial charge in [0.2, 0.25) is 5.75 Å². The highest BCUT2D eigenvalue weighted by Gasteiger charge is 2.20. The third kappa shape index (κ3) is 5.82. The van der Waals surface area contributed by atoms with Crippen molar-refractivity contribution in [3.8, 4) is 17.2 Å². The van der Waals surface area contributed by atoms with Crippen LogP contribution >= 0.6 is 0 Å². The van der Waals surface area contributed by atoms with Crippen molar-refractivity contribution in [2.45, 2.75) is 31.8 Å². The number of benzene rings is 2. The molecule has 0 spiro atoms. The van der Waals surface area contributed by atoms with E-state index in [1.165, 1.54) is 17.5 Å². The Hall–Kier alpha value is -2.93. The lowest BCUT2D eigenvalue weighted by Gasteiger charge is -2.25. The monoisotopic (exact) mass is 427 g/mol. The number of nitrogens with zero attached hydrogens (tertiary/aromatic N) is 1. The summed E-state index contributed by atoms with van der Waals surface area (Å²) < 4.78 is 22.4. The van der Waals surface area contributed by atoms with Crippen molar-refractivity contribution in [2.75, 3.05) is 46.8 Å². The largest absolute Gasteiger partial charge is 0.493 e. The van der Waals surface area contributed by atoms with Crippen LogP contribution in [0.15, 0.2) is 41.4 Å². The number of fused-ring (bicyclic) bond motifs is 1. The first-order chi connectivity index (χ1) is 15.2. The van der Waals surface area contributed by atoms with Crippen LogP contribution in [0.1, 0.15) is 36.5 Å². The maximum Gasteiger partial charge on any atom is 0.203 e. The van der Waals surface area contributed by atoms with Gasteiger partial charge in [-0.05, 0) is 36.8 Å². The molecule has 0 aromatic heterocycles. The Bertz CT molecular complexity index is 860. The number of aryl methyl sites for hydroxylation is 1. The minimum atomic E-state index is 0.210. The molecular weight excluding hydrogens is 394 g/mol. The molecule has 0 saturated carbocycles. The van der Waals surface area contributed by atoms with Crippen molar-refractivity contribution in [2.24, 2.45) is 4.99 Å². The fraction of sp³-hybridized carbons (Fsp3) is 0.458. The zero-order valence-corrected chi connectivity index (χ0v) is 18.9. The van der Waals surface area contributed by atoms with Crippen LogP contribution in [0.2, 0.25) is 0 Å². The average molecular weight is 428 g/mol. The highest BCUT2D eigenvalue weighted by atomic mass is 16.5. The second-order valence-corrected chi connectivity index (χ2v) is 7.34. The fourth-order valence-corrected chi connectivity index (χ4v) is 3.86. The molecule has 7 nitrogen and oxygen atoms in total. The lowest BCUT2D eigenvalue weighted by Crippen LogP contribution is -2.32. The van der Waals surface area contributed by atoms with E-state index >= 15 is 0 Å². The number of aliphatic imine (C=N–C) groups is 1. The van der Waals surface area contributed by atoms with Crippen molar-refractivity contribution in [1.82, 2.24) is 5.32 Å². The Morgan fingerprint density at radius 1 is 1.06 bits per heavy atom. The Balaban J connectivity index is 1.48. The fourth-order valence-electron chi connectivity index (χ4n) is 3.86. The second kappa shape index (κ2) is 11.5. The molecule has 2 aromatic rings. The van der Waals surface area contributed by atoms with Gasteiger partial charge in [-0.3, -0.25) is 4.99 Å². The standard InChI is InChI=1S/C24H33N3O4/c1-25-24(27-18-15-21(28-2)23(30-4)22(16-18)29-3)26-13-8-14-31-20-12-7-10-17-9-5-6-11-19(17)20/h5-6,9,11,15-16,20H,7-8,10,12-14H2,1-4H3,(H2,25,26,27). The molecule has 2 aromatic carbocycles. The minimum Gasteiger partial charge on any atom is -0.493 e. The van der Waals surface area contributed by atoms with Crippen LogP contribution < -0.4 is 24.8 Å². The molecule has 7 heteroatoms. The Labute approximate surface area is 184 Å². The van der Waals surface area contributed by atoms with E-state index in [2.05, 4.69) is 39.9 Å². The molecule has 0 saturated heterocycles. The first kappa shape index (κ1) is 22.7. The number of hydrogen-bond donors (Lipinski definition) is 2. The number of hydrogen-bond acceptors (Lipinski definition) is 5. The third-order valence-electron chi connectivity index (χ3n) is 5.40. The first-order valence-electron chi connectivity index (χ1n) is 10.7. The Morgan fingerprint density at radius 2 is 1.81 bits per heavy atom. The summed E-state index contributed by atoms with van der Waals surface area (Å²) >= 11 is 0. The van der Waals surface area contributed by atoms with Gasteiger partial charge < -0.3 is 29.6 Å². The van der Waals surface area contributed by atoms with Gasteiger partial charge in [0.15, 0.2) is 17.5 Å². The molecule has 1 unspecified atom stereocenters. The summed E-state index contributed by atoms with van der Waals surface area (Å²) in [6, 6.07) is 12.3. The lowest BCUT2D eigenvalue weighted by molar-refractivity contribution is 0.0398. The molecular formula is C24H33N3O4. The molecule has 2 N–H and O–H groups in total. The first-order valence-corrected chi connectivity index (χ1v) is 10.7. The van der Waals surface area contributed by atoms with E-state index in [-0.39, 0.29) is 6.10 Å². The van der Waals surface area contributed by atoms with Crippen LogP contribution in [0, 0.1) is 0 Å². The molecule has 0 amide bonds. The predicted molar refractivity (Wildman–Crippen MR) is 124 cm³/mol. The lowest BCUT2D eigenvalue weighted by atomic mass is 9.89. The number of methoxy groups -OCH3 is 3. The Morgan fingerprint density at radius 3 is 2.48 bits per heavy atom. The van der Waals surface area contributed by atoms with Crippen LogP contribution in [0.4, 0.5) is 5.69 Å². The van der Waals surface area contributed by atoms with Crippen LogP contribution in [0.5, 0.6) is 17.2 Å². The van der Waals surface area contributed by atoms with Gasteiger partial charge in [-0.2, -0.15) is 0 Å². The van der Waals surface area contributed by atoms with E-state index in [1.54, 1.807) is 28.4 Å². The van der Waals surface area contributed by atoms with Crippen molar-refractivity contribution in [3.63, 3.8) is 0 Å². The molecule has 1 aliphatic rings. The summed E-state index contributed by atoms with van der Waals surface area (Å²) in [7, 11) is 6.52. The van der Waals surface area contributed by atoms with Gasteiger partial charge in [0.25, 0.3) is 0 Å². The third-order valence-corrected chi connectivity index (χ3v) is 5.40. The van der Waals surface area contributed by atoms with E-state index in [1.807, 2.05) is 12.1 Å². The number of guanidine groups is 1. The van der Waals surface area contributed by atoms with Crippen molar-refractivity contribution < 1.29 is 18.9 Å². The van der Waals surface area contributed by atoms with E-state index in [4.69, 9.17) is 18.9 Å². The van der Waals surface area contributed by atoms with E-state index in [9.17, 15) is 0 Å². The van der Waals surface area contributed by atoms with Crippen molar-refractivity contribution >= 4 is 11.6 Å². The summed E-state index contributed by atoms with van der Waals surface area (Å²) in [6.45, 7) is 1.45. The van der Waals surface area contributed by atoms with E-state index in [0.717, 1.165) is 31.5 Å². The van der Waals surface area contributed by atoms with Crippen LogP contribution in [-0.4, -0.2) is 47.5 Å². The van der Waals surface area contributed by atoms with Gasteiger partial charge in [0.1, 0.15) is 0 Å². The number of anilines is 1. The maximum absolute atomic E-state index is 6.18. The molecule has 0 radical (unpaired) electrons. The van der Waals surface area contributed by atoms with Crippen LogP contribution in [-0.2, 0) is 11.2 Å². The van der Waals surface area contributed by atoms with E-state index in [0.29, 0.717) is 29.8 Å². The molecule has 0 bridgehead atoms. The SMILES string of the molecule is CN=C(NCCCOC1CCCc2ccccc21)Nc1cc(OC)c(OC)c(OC)c1. The summed E-state index contributed by atoms with van der Waals surface area (Å²) in [4.78, 5) is 4.29. The van der Waals surface area contributed by atoms with Gasteiger partial charge in [0, 0.05) is 38.0 Å². The highest BCUT2D eigenvalue weighted by Crippen LogP contribution is 2.39. The molecule has 168 valence electrons. The molecule has 31 heavy (non-hydrogen) atoms. The normalized spacial score (nSPS) is 15.7. The molecule has 0 aliphatic heterocycles. The zero-order valence-electron chi connectivity index (χ0n) is 18.9. The van der Waals surface area contributed by atoms with Crippen LogP contribution in [0.3, 0.4) is 0 Å². The molecule has 0 heterocycles. The summed E-state index contributed by atoms with van der Waals surface area (Å²) in [6.07, 6.45) is 4.52. The molecule has 1 aliphatic carbocycles. The summed E-state index contributed by atoms with van der Waals surface area (Å²) in [5.74, 6) is 2.39. The minimum absolute atomic E-state index is 0.210. The van der Waals surface area contributed by atoms with Gasteiger partial charge in [-0.1, -0.05) is 24.3 Å². The van der Waals surface area contributed by atoms with Gasteiger partial charge in [0.05, 0.1) is 27.4 Å². The maximum atomic E-state index is 6.18. The van der Waals surface area contributed by atoms with Crippen LogP contribution in [0.25, 0.3) is 0 Å². The number of ether oxygens (including phenoxy) is 4. The van der Waals surface area contributed by atoms with Gasteiger partial charge in [-0.25, -0.2) is 0 Å². The predicted octanol–water partition coefficient (Wildman–Crippen LogP) is 4.18. The van der Waals surface area contributed by atoms with E-state index < -0.39 is 0 Å². The van der Waals surface area contributed by atoms with Gasteiger partial charge >= 0.3 is 0 Å². The second-order valence-electron chi connectivity index (χ2n) is 7.34. The number of rotatable bonds is 9. The molecule has 0 fully saturated rings. The quantitative estimate of drug-likeness (QED) is 0.355. The topological polar surface area (TPSA) is 73.3 Å². The summed E-state index contributed by atoms with van der Waals surface area (Å²) in [5.41, 5.74) is 3.56.